The summed E-state index contributed by atoms with van der Waals surface area (Å²) < 4.78 is 1.09. The molecule has 5 heteroatoms. The highest BCUT2D eigenvalue weighted by Gasteiger charge is 2.04. The van der Waals surface area contributed by atoms with Crippen LogP contribution in [0.2, 0.25) is 0 Å². The van der Waals surface area contributed by atoms with E-state index in [2.05, 4.69) is 20.9 Å². The molecule has 0 aliphatic rings. The molecule has 0 unspecified atom stereocenters. The van der Waals surface area contributed by atoms with E-state index >= 15 is 0 Å². The first-order chi connectivity index (χ1) is 5.75. The zero-order valence-electron chi connectivity index (χ0n) is 5.95. The molecule has 0 amide bonds. The molecule has 12 heavy (non-hydrogen) atoms. The number of aromatic nitrogens is 1. The van der Waals surface area contributed by atoms with Crippen LogP contribution in [0, 0.1) is 0 Å². The van der Waals surface area contributed by atoms with E-state index in [0.717, 1.165) is 15.0 Å². The van der Waals surface area contributed by atoms with Crippen LogP contribution in [-0.4, -0.2) is 4.98 Å². The second-order valence-corrected chi connectivity index (χ2v) is 4.92. The van der Waals surface area contributed by atoms with Gasteiger partial charge in [-0.05, 0) is 22.0 Å². The van der Waals surface area contributed by atoms with Gasteiger partial charge in [0, 0.05) is 15.2 Å². The molecule has 2 N–H and O–H groups in total. The summed E-state index contributed by atoms with van der Waals surface area (Å²) in [6, 6.07) is 2.04. The van der Waals surface area contributed by atoms with E-state index < -0.39 is 0 Å². The number of nitrogen functional groups attached to an aromatic ring is 1. The Bertz CT molecular complexity index is 355. The van der Waals surface area contributed by atoms with Gasteiger partial charge in [0.25, 0.3) is 0 Å². The Kier molecular flexibility index (Phi) is 2.16. The van der Waals surface area contributed by atoms with Gasteiger partial charge in [0.1, 0.15) is 0 Å². The monoisotopic (exact) mass is 260 g/mol. The van der Waals surface area contributed by atoms with Gasteiger partial charge in [-0.1, -0.05) is 0 Å². The van der Waals surface area contributed by atoms with Crippen molar-refractivity contribution in [2.75, 3.05) is 5.73 Å². The van der Waals surface area contributed by atoms with Crippen LogP contribution >= 0.6 is 38.6 Å². The molecule has 0 saturated heterocycles. The molecule has 0 aromatic carbocycles. The first-order valence-corrected chi connectivity index (χ1v) is 5.76. The number of halogens is 1. The van der Waals surface area contributed by atoms with Gasteiger partial charge in [-0.2, -0.15) is 0 Å². The summed E-state index contributed by atoms with van der Waals surface area (Å²) in [7, 11) is 0. The molecule has 2 aromatic rings. The quantitative estimate of drug-likeness (QED) is 0.856. The van der Waals surface area contributed by atoms with Crippen LogP contribution in [0.5, 0.6) is 0 Å². The predicted molar refractivity (Wildman–Crippen MR) is 57.5 cm³/mol. The molecule has 0 spiro atoms. The first kappa shape index (κ1) is 8.22. The molecular formula is C7H5BrN2S2. The smallest absolute Gasteiger partial charge is 0.180 e. The molecule has 2 aromatic heterocycles. The maximum Gasteiger partial charge on any atom is 0.180 e. The standard InChI is InChI=1S/C7H5BrN2S2/c8-4-1-6(11-2-4)5-3-12-7(9)10-5/h1-3H,(H2,9,10). The van der Waals surface area contributed by atoms with Crippen LogP contribution in [0.4, 0.5) is 5.13 Å². The van der Waals surface area contributed by atoms with Crippen LogP contribution < -0.4 is 5.73 Å². The van der Waals surface area contributed by atoms with Gasteiger partial charge < -0.3 is 5.73 Å². The zero-order valence-corrected chi connectivity index (χ0v) is 9.17. The van der Waals surface area contributed by atoms with Gasteiger partial charge in [-0.3, -0.25) is 0 Å². The summed E-state index contributed by atoms with van der Waals surface area (Å²) in [4.78, 5) is 5.33. The third-order valence-corrected chi connectivity index (χ3v) is 3.73. The summed E-state index contributed by atoms with van der Waals surface area (Å²) in [6.07, 6.45) is 0. The van der Waals surface area contributed by atoms with Gasteiger partial charge in [-0.15, -0.1) is 22.7 Å². The maximum absolute atomic E-state index is 5.52. The Morgan fingerprint density at radius 1 is 1.33 bits per heavy atom. The van der Waals surface area contributed by atoms with Gasteiger partial charge in [-0.25, -0.2) is 4.98 Å². The topological polar surface area (TPSA) is 38.9 Å². The number of nitrogens with two attached hydrogens (primary N) is 1. The Morgan fingerprint density at radius 3 is 2.67 bits per heavy atom. The van der Waals surface area contributed by atoms with E-state index in [1.165, 1.54) is 11.3 Å². The molecular weight excluding hydrogens is 256 g/mol. The second kappa shape index (κ2) is 3.16. The highest BCUT2D eigenvalue weighted by Crippen LogP contribution is 2.30. The Balaban J connectivity index is 2.43. The molecule has 0 aliphatic heterocycles. The SMILES string of the molecule is Nc1nc(-c2cc(Br)cs2)cs1. The minimum atomic E-state index is 0.620. The van der Waals surface area contributed by atoms with Gasteiger partial charge in [0.05, 0.1) is 10.6 Å². The lowest BCUT2D eigenvalue weighted by atomic mass is 10.4. The predicted octanol–water partition coefficient (Wildman–Crippen LogP) is 3.22. The highest BCUT2D eigenvalue weighted by atomic mass is 79.9. The van der Waals surface area contributed by atoms with Crippen molar-refractivity contribution < 1.29 is 0 Å². The van der Waals surface area contributed by atoms with E-state index in [9.17, 15) is 0 Å². The minimum Gasteiger partial charge on any atom is -0.375 e. The number of hydrogen-bond donors (Lipinski definition) is 1. The van der Waals surface area contributed by atoms with Crippen molar-refractivity contribution in [2.24, 2.45) is 0 Å². The summed E-state index contributed by atoms with van der Waals surface area (Å²) >= 11 is 6.52. The molecule has 0 atom stereocenters. The van der Waals surface area contributed by atoms with Crippen LogP contribution in [0.1, 0.15) is 0 Å². The van der Waals surface area contributed by atoms with E-state index in [1.807, 2.05) is 16.8 Å². The van der Waals surface area contributed by atoms with Crippen LogP contribution in [-0.2, 0) is 0 Å². The van der Waals surface area contributed by atoms with Crippen LogP contribution in [0.3, 0.4) is 0 Å². The van der Waals surface area contributed by atoms with E-state index in [-0.39, 0.29) is 0 Å². The summed E-state index contributed by atoms with van der Waals surface area (Å²) in [5.41, 5.74) is 6.49. The fourth-order valence-corrected chi connectivity index (χ4v) is 2.87. The minimum absolute atomic E-state index is 0.620. The Hall–Kier alpha value is -0.390. The second-order valence-electron chi connectivity index (χ2n) is 2.20. The largest absolute Gasteiger partial charge is 0.375 e. The average molecular weight is 261 g/mol. The third kappa shape index (κ3) is 1.53. The van der Waals surface area contributed by atoms with Crippen LogP contribution in [0.15, 0.2) is 21.3 Å². The van der Waals surface area contributed by atoms with Crippen LogP contribution in [0.25, 0.3) is 10.6 Å². The van der Waals surface area contributed by atoms with Gasteiger partial charge in [0.15, 0.2) is 5.13 Å². The van der Waals surface area contributed by atoms with Crippen molar-refractivity contribution >= 4 is 43.7 Å². The zero-order chi connectivity index (χ0) is 8.55. The lowest BCUT2D eigenvalue weighted by Gasteiger charge is -1.85. The molecule has 0 saturated carbocycles. The average Bonchev–Trinajstić information content (AvgIpc) is 2.58. The van der Waals surface area contributed by atoms with E-state index in [0.29, 0.717) is 5.13 Å². The van der Waals surface area contributed by atoms with E-state index in [1.54, 1.807) is 11.3 Å². The molecule has 2 rings (SSSR count). The molecule has 2 heterocycles. The van der Waals surface area contributed by atoms with Crippen molar-refractivity contribution in [1.82, 2.24) is 4.98 Å². The molecule has 0 radical (unpaired) electrons. The molecule has 2 nitrogen and oxygen atoms in total. The van der Waals surface area contributed by atoms with Crippen molar-refractivity contribution in [3.8, 4) is 10.6 Å². The van der Waals surface area contributed by atoms with Crippen molar-refractivity contribution in [1.29, 1.82) is 0 Å². The maximum atomic E-state index is 5.52. The van der Waals surface area contributed by atoms with E-state index in [4.69, 9.17) is 5.73 Å². The Labute approximate surface area is 86.2 Å². The summed E-state index contributed by atoms with van der Waals surface area (Å²) in [5.74, 6) is 0. The number of anilines is 1. The number of thiophene rings is 1. The van der Waals surface area contributed by atoms with Gasteiger partial charge >= 0.3 is 0 Å². The molecule has 0 fully saturated rings. The van der Waals surface area contributed by atoms with Crippen molar-refractivity contribution in [3.63, 3.8) is 0 Å². The normalized spacial score (nSPS) is 10.4. The fraction of sp³-hybridized carbons (Fsp3) is 0. The summed E-state index contributed by atoms with van der Waals surface area (Å²) in [6.45, 7) is 0. The fourth-order valence-electron chi connectivity index (χ4n) is 0.848. The highest BCUT2D eigenvalue weighted by molar-refractivity contribution is 9.10. The first-order valence-electron chi connectivity index (χ1n) is 3.21. The lowest BCUT2D eigenvalue weighted by molar-refractivity contribution is 1.43. The lowest BCUT2D eigenvalue weighted by Crippen LogP contribution is -1.80. The summed E-state index contributed by atoms with van der Waals surface area (Å²) in [5, 5.41) is 4.62. The van der Waals surface area contributed by atoms with Gasteiger partial charge in [0.2, 0.25) is 0 Å². The molecule has 62 valence electrons. The third-order valence-electron chi connectivity index (χ3n) is 1.34. The van der Waals surface area contributed by atoms with Crippen molar-refractivity contribution in [2.45, 2.75) is 0 Å². The molecule has 0 aliphatic carbocycles. The number of nitrogens with zero attached hydrogens (tertiary/aromatic N) is 1. The Morgan fingerprint density at radius 2 is 2.17 bits per heavy atom. The molecule has 0 bridgehead atoms. The number of hydrogen-bond acceptors (Lipinski definition) is 4. The number of thiazole rings is 1. The van der Waals surface area contributed by atoms with Crippen molar-refractivity contribution in [3.05, 3.63) is 21.3 Å². The number of rotatable bonds is 1.